The number of nitrogens with one attached hydrogen (secondary N) is 1. The van der Waals surface area contributed by atoms with E-state index in [1.807, 2.05) is 0 Å². The molecule has 1 saturated heterocycles. The first-order valence-corrected chi connectivity index (χ1v) is 4.94. The molecule has 1 aliphatic rings. The van der Waals surface area contributed by atoms with E-state index in [1.165, 1.54) is 0 Å². The molecule has 0 spiro atoms. The second kappa shape index (κ2) is 3.75. The summed E-state index contributed by atoms with van der Waals surface area (Å²) in [5.41, 5.74) is 0. The van der Waals surface area contributed by atoms with E-state index in [9.17, 15) is 0 Å². The highest BCUT2D eigenvalue weighted by atomic mass is 16.6. The maximum Gasteiger partial charge on any atom is 0.135 e. The Labute approximate surface area is 75.7 Å². The van der Waals surface area contributed by atoms with Gasteiger partial charge in [0, 0.05) is 6.04 Å². The molecule has 2 nitrogen and oxygen atoms in total. The molecular weight excluding hydrogens is 150 g/mol. The fourth-order valence-corrected chi connectivity index (χ4v) is 1.22. The van der Waals surface area contributed by atoms with Gasteiger partial charge in [-0.25, -0.2) is 0 Å². The second-order valence-electron chi connectivity index (χ2n) is 4.46. The zero-order valence-corrected chi connectivity index (χ0v) is 8.79. The minimum absolute atomic E-state index is 0.322. The summed E-state index contributed by atoms with van der Waals surface area (Å²) >= 11 is 0. The summed E-state index contributed by atoms with van der Waals surface area (Å²) in [6.07, 6.45) is 0.772. The summed E-state index contributed by atoms with van der Waals surface area (Å²) in [7, 11) is 0. The van der Waals surface area contributed by atoms with Crippen molar-refractivity contribution in [2.45, 2.75) is 53.0 Å². The number of hydrogen-bond acceptors (Lipinski definition) is 2. The molecule has 1 heterocycles. The van der Waals surface area contributed by atoms with Crippen LogP contribution in [0.1, 0.15) is 34.6 Å². The van der Waals surface area contributed by atoms with Gasteiger partial charge in [-0.05, 0) is 18.8 Å². The lowest BCUT2D eigenvalue weighted by molar-refractivity contribution is 0.295. The molecule has 3 atom stereocenters. The van der Waals surface area contributed by atoms with Gasteiger partial charge in [0.2, 0.25) is 0 Å². The molecule has 0 aromatic heterocycles. The molecule has 12 heavy (non-hydrogen) atoms. The van der Waals surface area contributed by atoms with Gasteiger partial charge in [0.25, 0.3) is 0 Å². The maximum absolute atomic E-state index is 5.49. The van der Waals surface area contributed by atoms with E-state index in [0.717, 1.165) is 0 Å². The van der Waals surface area contributed by atoms with Crippen LogP contribution in [0, 0.1) is 11.8 Å². The first-order chi connectivity index (χ1) is 5.52. The molecule has 72 valence electrons. The lowest BCUT2D eigenvalue weighted by Gasteiger charge is -2.15. The molecular formula is C10H21NO. The highest BCUT2D eigenvalue weighted by molar-refractivity contribution is 4.87. The van der Waals surface area contributed by atoms with Crippen molar-refractivity contribution in [3.8, 4) is 0 Å². The lowest BCUT2D eigenvalue weighted by atomic mass is 10.1. The predicted octanol–water partition coefficient (Wildman–Crippen LogP) is 2.00. The van der Waals surface area contributed by atoms with Crippen LogP contribution in [0.25, 0.3) is 0 Å². The summed E-state index contributed by atoms with van der Waals surface area (Å²) in [4.78, 5) is 0. The summed E-state index contributed by atoms with van der Waals surface area (Å²) in [6, 6.07) is 0.554. The molecule has 0 saturated carbocycles. The van der Waals surface area contributed by atoms with Gasteiger partial charge >= 0.3 is 0 Å². The molecule has 0 bridgehead atoms. The molecule has 2 heteroatoms. The Balaban J connectivity index is 2.19. The van der Waals surface area contributed by atoms with Crippen molar-refractivity contribution in [1.82, 2.24) is 5.32 Å². The van der Waals surface area contributed by atoms with Crippen LogP contribution in [0.3, 0.4) is 0 Å². The first kappa shape index (κ1) is 10.0. The summed E-state index contributed by atoms with van der Waals surface area (Å²) in [5, 5.41) is 3.46. The van der Waals surface area contributed by atoms with Crippen LogP contribution in [0.2, 0.25) is 0 Å². The highest BCUT2D eigenvalue weighted by Gasteiger charge is 2.41. The minimum atomic E-state index is 0.322. The number of hydrogen-bond donors (Lipinski definition) is 1. The van der Waals surface area contributed by atoms with Gasteiger partial charge in [-0.2, -0.15) is 0 Å². The average molecular weight is 171 g/mol. The van der Waals surface area contributed by atoms with Crippen LogP contribution in [0.5, 0.6) is 0 Å². The topological polar surface area (TPSA) is 24.6 Å². The van der Waals surface area contributed by atoms with Crippen LogP contribution in [0.4, 0.5) is 0 Å². The summed E-state index contributed by atoms with van der Waals surface area (Å²) < 4.78 is 5.49. The SMILES string of the molecule is CC(C)C(C)NC1OC1C(C)C. The van der Waals surface area contributed by atoms with Gasteiger partial charge in [-0.1, -0.05) is 27.7 Å². The molecule has 0 radical (unpaired) electrons. The normalized spacial score (nSPS) is 31.2. The van der Waals surface area contributed by atoms with E-state index < -0.39 is 0 Å². The van der Waals surface area contributed by atoms with Crippen molar-refractivity contribution in [3.05, 3.63) is 0 Å². The highest BCUT2D eigenvalue weighted by Crippen LogP contribution is 2.27. The molecule has 0 aliphatic carbocycles. The van der Waals surface area contributed by atoms with Gasteiger partial charge < -0.3 is 4.74 Å². The van der Waals surface area contributed by atoms with Crippen LogP contribution in [-0.2, 0) is 4.74 Å². The molecule has 1 N–H and O–H groups in total. The molecule has 0 aromatic carbocycles. The Morgan fingerprint density at radius 2 is 1.67 bits per heavy atom. The molecule has 1 rings (SSSR count). The van der Waals surface area contributed by atoms with Crippen molar-refractivity contribution in [1.29, 1.82) is 0 Å². The Hall–Kier alpha value is -0.0800. The maximum atomic E-state index is 5.49. The van der Waals surface area contributed by atoms with E-state index in [-0.39, 0.29) is 0 Å². The van der Waals surface area contributed by atoms with Crippen molar-refractivity contribution in [3.63, 3.8) is 0 Å². The van der Waals surface area contributed by atoms with Gasteiger partial charge in [0.15, 0.2) is 0 Å². The number of epoxide rings is 1. The Bertz CT molecular complexity index is 145. The van der Waals surface area contributed by atoms with Crippen molar-refractivity contribution >= 4 is 0 Å². The molecule has 3 unspecified atom stereocenters. The number of rotatable bonds is 4. The Morgan fingerprint density at radius 1 is 1.08 bits per heavy atom. The first-order valence-electron chi connectivity index (χ1n) is 4.94. The third-order valence-electron chi connectivity index (χ3n) is 2.61. The van der Waals surface area contributed by atoms with Crippen molar-refractivity contribution < 1.29 is 4.74 Å². The van der Waals surface area contributed by atoms with Gasteiger partial charge in [-0.15, -0.1) is 0 Å². The van der Waals surface area contributed by atoms with Crippen molar-refractivity contribution in [2.75, 3.05) is 0 Å². The molecule has 0 aromatic rings. The van der Waals surface area contributed by atoms with E-state index in [0.29, 0.717) is 30.2 Å². The van der Waals surface area contributed by atoms with E-state index in [2.05, 4.69) is 39.9 Å². The third kappa shape index (κ3) is 2.46. The average Bonchev–Trinajstić information content (AvgIpc) is 2.67. The molecule has 1 aliphatic heterocycles. The van der Waals surface area contributed by atoms with Crippen LogP contribution in [-0.4, -0.2) is 18.4 Å². The van der Waals surface area contributed by atoms with E-state index >= 15 is 0 Å². The van der Waals surface area contributed by atoms with E-state index in [1.54, 1.807) is 0 Å². The Morgan fingerprint density at radius 3 is 2.00 bits per heavy atom. The monoisotopic (exact) mass is 171 g/mol. The predicted molar refractivity (Wildman–Crippen MR) is 50.9 cm³/mol. The molecule has 0 amide bonds. The minimum Gasteiger partial charge on any atom is -0.353 e. The van der Waals surface area contributed by atoms with Gasteiger partial charge in [0.1, 0.15) is 12.3 Å². The zero-order chi connectivity index (χ0) is 9.30. The Kier molecular flexibility index (Phi) is 3.13. The largest absolute Gasteiger partial charge is 0.353 e. The smallest absolute Gasteiger partial charge is 0.135 e. The molecule has 1 fully saturated rings. The summed E-state index contributed by atoms with van der Waals surface area (Å²) in [6.45, 7) is 11.1. The summed E-state index contributed by atoms with van der Waals surface area (Å²) in [5.74, 6) is 1.32. The van der Waals surface area contributed by atoms with Crippen LogP contribution < -0.4 is 5.32 Å². The number of ether oxygens (including phenoxy) is 1. The standard InChI is InChI=1S/C10H21NO/c1-6(2)8(5)11-10-9(12-10)7(3)4/h6-11H,1-5H3. The zero-order valence-electron chi connectivity index (χ0n) is 8.79. The van der Waals surface area contributed by atoms with Gasteiger partial charge in [0.05, 0.1) is 0 Å². The van der Waals surface area contributed by atoms with Crippen LogP contribution >= 0.6 is 0 Å². The van der Waals surface area contributed by atoms with Crippen LogP contribution in [0.15, 0.2) is 0 Å². The fraction of sp³-hybridized carbons (Fsp3) is 1.00. The third-order valence-corrected chi connectivity index (χ3v) is 2.61. The second-order valence-corrected chi connectivity index (χ2v) is 4.46. The van der Waals surface area contributed by atoms with Gasteiger partial charge in [-0.3, -0.25) is 5.32 Å². The fourth-order valence-electron chi connectivity index (χ4n) is 1.22. The lowest BCUT2D eigenvalue weighted by Crippen LogP contribution is -2.34. The van der Waals surface area contributed by atoms with Crippen molar-refractivity contribution in [2.24, 2.45) is 11.8 Å². The van der Waals surface area contributed by atoms with E-state index in [4.69, 9.17) is 4.74 Å². The quantitative estimate of drug-likeness (QED) is 0.654.